The van der Waals surface area contributed by atoms with Crippen LogP contribution in [0.25, 0.3) is 0 Å². The molecule has 6 heteroatoms. The first-order valence-electron chi connectivity index (χ1n) is 5.77. The highest BCUT2D eigenvalue weighted by molar-refractivity contribution is 9.10. The van der Waals surface area contributed by atoms with Crippen molar-refractivity contribution in [3.63, 3.8) is 0 Å². The summed E-state index contributed by atoms with van der Waals surface area (Å²) in [5.41, 5.74) is 0.758. The van der Waals surface area contributed by atoms with E-state index in [4.69, 9.17) is 9.84 Å². The van der Waals surface area contributed by atoms with Crippen LogP contribution in [0.1, 0.15) is 5.56 Å². The van der Waals surface area contributed by atoms with Crippen LogP contribution in [0.15, 0.2) is 51.8 Å². The summed E-state index contributed by atoms with van der Waals surface area (Å²) in [6.45, 7) is -0.0531. The van der Waals surface area contributed by atoms with Crippen LogP contribution in [0.2, 0.25) is 0 Å². The maximum absolute atomic E-state index is 11.5. The summed E-state index contributed by atoms with van der Waals surface area (Å²) in [4.78, 5) is 0.207. The molecule has 0 heterocycles. The van der Waals surface area contributed by atoms with Crippen molar-refractivity contribution in [2.75, 3.05) is 6.26 Å². The van der Waals surface area contributed by atoms with E-state index in [-0.39, 0.29) is 11.5 Å². The predicted molar refractivity (Wildman–Crippen MR) is 79.7 cm³/mol. The van der Waals surface area contributed by atoms with E-state index in [9.17, 15) is 8.42 Å². The molecule has 0 saturated heterocycles. The Labute approximate surface area is 126 Å². The average Bonchev–Trinajstić information content (AvgIpc) is 2.40. The van der Waals surface area contributed by atoms with Crippen LogP contribution in [0.4, 0.5) is 0 Å². The van der Waals surface area contributed by atoms with Gasteiger partial charge in [-0.2, -0.15) is 0 Å². The Bertz CT molecular complexity index is 726. The molecule has 0 fully saturated rings. The first kappa shape index (κ1) is 15.0. The molecule has 2 aromatic carbocycles. The quantitative estimate of drug-likeness (QED) is 0.913. The number of hydrogen-bond acceptors (Lipinski definition) is 4. The third-order valence-corrected chi connectivity index (χ3v) is 4.37. The minimum absolute atomic E-state index is 0.0531. The highest BCUT2D eigenvalue weighted by Gasteiger charge is 2.09. The van der Waals surface area contributed by atoms with E-state index in [0.29, 0.717) is 16.0 Å². The molecular formula is C14H13BrO4S. The van der Waals surface area contributed by atoms with Gasteiger partial charge in [-0.1, -0.05) is 12.1 Å². The number of aliphatic hydroxyl groups is 1. The Morgan fingerprint density at radius 3 is 2.55 bits per heavy atom. The van der Waals surface area contributed by atoms with Crippen LogP contribution in [0.5, 0.6) is 11.5 Å². The van der Waals surface area contributed by atoms with Crippen molar-refractivity contribution >= 4 is 25.8 Å². The van der Waals surface area contributed by atoms with Crippen molar-refractivity contribution in [3.8, 4) is 11.5 Å². The van der Waals surface area contributed by atoms with Crippen molar-refractivity contribution in [2.24, 2.45) is 0 Å². The number of hydrogen-bond donors (Lipinski definition) is 1. The Morgan fingerprint density at radius 1 is 1.20 bits per heavy atom. The zero-order valence-electron chi connectivity index (χ0n) is 10.7. The van der Waals surface area contributed by atoms with Crippen molar-refractivity contribution in [2.45, 2.75) is 11.5 Å². The Kier molecular flexibility index (Phi) is 4.47. The number of ether oxygens (including phenoxy) is 1. The average molecular weight is 357 g/mol. The lowest BCUT2D eigenvalue weighted by Gasteiger charge is -2.09. The fraction of sp³-hybridized carbons (Fsp3) is 0.143. The van der Waals surface area contributed by atoms with Gasteiger partial charge in [0, 0.05) is 6.26 Å². The maximum Gasteiger partial charge on any atom is 0.175 e. The number of aliphatic hydroxyl groups excluding tert-OH is 1. The van der Waals surface area contributed by atoms with E-state index in [1.165, 1.54) is 12.1 Å². The normalized spacial score (nSPS) is 11.3. The zero-order valence-corrected chi connectivity index (χ0v) is 13.1. The second-order valence-electron chi connectivity index (χ2n) is 4.27. The van der Waals surface area contributed by atoms with Gasteiger partial charge in [-0.05, 0) is 51.8 Å². The van der Waals surface area contributed by atoms with E-state index in [1.807, 2.05) is 0 Å². The van der Waals surface area contributed by atoms with Crippen LogP contribution < -0.4 is 4.74 Å². The molecular weight excluding hydrogens is 344 g/mol. The van der Waals surface area contributed by atoms with Gasteiger partial charge in [0.1, 0.15) is 11.5 Å². The molecule has 4 nitrogen and oxygen atoms in total. The van der Waals surface area contributed by atoms with Gasteiger partial charge in [0.05, 0.1) is 16.0 Å². The lowest BCUT2D eigenvalue weighted by atomic mass is 10.2. The summed E-state index contributed by atoms with van der Waals surface area (Å²) < 4.78 is 29.3. The van der Waals surface area contributed by atoms with E-state index in [2.05, 4.69) is 15.9 Å². The van der Waals surface area contributed by atoms with E-state index < -0.39 is 9.84 Å². The minimum Gasteiger partial charge on any atom is -0.456 e. The van der Waals surface area contributed by atoms with Gasteiger partial charge >= 0.3 is 0 Å². The molecule has 0 unspecified atom stereocenters. The second-order valence-corrected chi connectivity index (χ2v) is 7.14. The van der Waals surface area contributed by atoms with Gasteiger partial charge in [-0.25, -0.2) is 8.42 Å². The SMILES string of the molecule is CS(=O)(=O)c1cccc(Oc2ccc(CO)cc2Br)c1. The fourth-order valence-electron chi connectivity index (χ4n) is 1.62. The fourth-order valence-corrected chi connectivity index (χ4v) is 2.78. The van der Waals surface area contributed by atoms with Crippen LogP contribution in [0, 0.1) is 0 Å². The van der Waals surface area contributed by atoms with Crippen molar-refractivity contribution in [3.05, 3.63) is 52.5 Å². The Hall–Kier alpha value is -1.37. The summed E-state index contributed by atoms with van der Waals surface area (Å²) in [6.07, 6.45) is 1.15. The number of sulfone groups is 1. The molecule has 0 aromatic heterocycles. The topological polar surface area (TPSA) is 63.6 Å². The molecule has 20 heavy (non-hydrogen) atoms. The smallest absolute Gasteiger partial charge is 0.175 e. The van der Waals surface area contributed by atoms with Gasteiger partial charge in [0.2, 0.25) is 0 Å². The summed E-state index contributed by atoms with van der Waals surface area (Å²) in [5, 5.41) is 9.04. The second kappa shape index (κ2) is 5.95. The summed E-state index contributed by atoms with van der Waals surface area (Å²) >= 11 is 3.35. The van der Waals surface area contributed by atoms with Crippen LogP contribution in [-0.4, -0.2) is 19.8 Å². The Morgan fingerprint density at radius 2 is 1.95 bits per heavy atom. The maximum atomic E-state index is 11.5. The standard InChI is InChI=1S/C14H13BrO4S/c1-20(17,18)12-4-2-3-11(8-12)19-14-6-5-10(9-16)7-13(14)15/h2-8,16H,9H2,1H3. The molecule has 2 aromatic rings. The van der Waals surface area contributed by atoms with Crippen LogP contribution >= 0.6 is 15.9 Å². The zero-order chi connectivity index (χ0) is 14.8. The molecule has 0 aliphatic carbocycles. The van der Waals surface area contributed by atoms with Gasteiger partial charge in [0.25, 0.3) is 0 Å². The molecule has 0 spiro atoms. The Balaban J connectivity index is 2.31. The molecule has 0 atom stereocenters. The highest BCUT2D eigenvalue weighted by atomic mass is 79.9. The third-order valence-electron chi connectivity index (χ3n) is 2.64. The highest BCUT2D eigenvalue weighted by Crippen LogP contribution is 2.31. The molecule has 106 valence electrons. The number of benzene rings is 2. The van der Waals surface area contributed by atoms with Crippen molar-refractivity contribution in [1.29, 1.82) is 0 Å². The van der Waals surface area contributed by atoms with Crippen LogP contribution in [0.3, 0.4) is 0 Å². The molecule has 0 saturated carbocycles. The van der Waals surface area contributed by atoms with Gasteiger partial charge in [-0.15, -0.1) is 0 Å². The number of rotatable bonds is 4. The van der Waals surface area contributed by atoms with E-state index in [0.717, 1.165) is 11.8 Å². The molecule has 1 N–H and O–H groups in total. The molecule has 2 rings (SSSR count). The summed E-state index contributed by atoms with van der Waals surface area (Å²) in [6, 6.07) is 11.5. The first-order valence-corrected chi connectivity index (χ1v) is 8.46. The molecule has 0 aliphatic rings. The molecule has 0 amide bonds. The van der Waals surface area contributed by atoms with E-state index in [1.54, 1.807) is 30.3 Å². The monoisotopic (exact) mass is 356 g/mol. The predicted octanol–water partition coefficient (Wildman–Crippen LogP) is 3.14. The lowest BCUT2D eigenvalue weighted by Crippen LogP contribution is -1.97. The van der Waals surface area contributed by atoms with Gasteiger partial charge in [-0.3, -0.25) is 0 Å². The molecule has 0 bridgehead atoms. The van der Waals surface area contributed by atoms with Crippen LogP contribution in [-0.2, 0) is 16.4 Å². The number of halogens is 1. The van der Waals surface area contributed by atoms with Gasteiger partial charge in [0.15, 0.2) is 9.84 Å². The largest absolute Gasteiger partial charge is 0.456 e. The molecule has 0 aliphatic heterocycles. The summed E-state index contributed by atoms with van der Waals surface area (Å²) in [5.74, 6) is 0.984. The van der Waals surface area contributed by atoms with Crippen molar-refractivity contribution < 1.29 is 18.3 Å². The van der Waals surface area contributed by atoms with Crippen molar-refractivity contribution in [1.82, 2.24) is 0 Å². The summed E-state index contributed by atoms with van der Waals surface area (Å²) in [7, 11) is -3.26. The first-order chi connectivity index (χ1) is 9.40. The van der Waals surface area contributed by atoms with Gasteiger partial charge < -0.3 is 9.84 Å². The third kappa shape index (κ3) is 3.59. The van der Waals surface area contributed by atoms with E-state index >= 15 is 0 Å². The minimum atomic E-state index is -3.26. The lowest BCUT2D eigenvalue weighted by molar-refractivity contribution is 0.281. The molecule has 0 radical (unpaired) electrons.